The highest BCUT2D eigenvalue weighted by molar-refractivity contribution is 7.80. The molecule has 19 heavy (non-hydrogen) atoms. The van der Waals surface area contributed by atoms with Gasteiger partial charge in [-0.15, -0.1) is 0 Å². The van der Waals surface area contributed by atoms with Crippen LogP contribution in [0.3, 0.4) is 0 Å². The minimum atomic E-state index is -0.311. The molecule has 102 valence electrons. The summed E-state index contributed by atoms with van der Waals surface area (Å²) in [5.41, 5.74) is 0.468. The Balaban J connectivity index is 2.34. The first-order valence-electron chi connectivity index (χ1n) is 5.58. The van der Waals surface area contributed by atoms with Gasteiger partial charge in [-0.05, 0) is 36.5 Å². The Kier molecular flexibility index (Phi) is 6.24. The molecule has 0 bridgehead atoms. The fraction of sp³-hybridized carbons (Fsp3) is 0.250. The van der Waals surface area contributed by atoms with Gasteiger partial charge in [-0.1, -0.05) is 11.6 Å². The first-order valence-corrected chi connectivity index (χ1v) is 6.37. The quantitative estimate of drug-likeness (QED) is 0.575. The van der Waals surface area contributed by atoms with E-state index in [9.17, 15) is 9.59 Å². The van der Waals surface area contributed by atoms with Crippen molar-refractivity contribution in [1.82, 2.24) is 16.0 Å². The summed E-state index contributed by atoms with van der Waals surface area (Å²) >= 11 is 10.7. The summed E-state index contributed by atoms with van der Waals surface area (Å²) in [5.74, 6) is -0.424. The largest absolute Gasteiger partial charge is 0.361 e. The monoisotopic (exact) mass is 299 g/mol. The second kappa shape index (κ2) is 7.70. The third-order valence-electron chi connectivity index (χ3n) is 2.12. The normalized spacial score (nSPS) is 9.58. The SMILES string of the molecule is CC(=O)NCCNC(=S)NC(=O)c1ccc(Cl)cc1. The zero-order valence-electron chi connectivity index (χ0n) is 10.3. The molecule has 2 amide bonds. The van der Waals surface area contributed by atoms with Crippen LogP contribution in [0.5, 0.6) is 0 Å². The van der Waals surface area contributed by atoms with E-state index in [0.717, 1.165) is 0 Å². The van der Waals surface area contributed by atoms with Crippen LogP contribution in [0.25, 0.3) is 0 Å². The van der Waals surface area contributed by atoms with Crippen LogP contribution >= 0.6 is 23.8 Å². The molecule has 0 aliphatic heterocycles. The minimum absolute atomic E-state index is 0.113. The van der Waals surface area contributed by atoms with Crippen molar-refractivity contribution in [2.75, 3.05) is 13.1 Å². The summed E-state index contributed by atoms with van der Waals surface area (Å²) in [4.78, 5) is 22.4. The fourth-order valence-corrected chi connectivity index (χ4v) is 1.56. The summed E-state index contributed by atoms with van der Waals surface area (Å²) < 4.78 is 0. The van der Waals surface area contributed by atoms with Crippen LogP contribution in [0.4, 0.5) is 0 Å². The van der Waals surface area contributed by atoms with Crippen LogP contribution in [0.2, 0.25) is 5.02 Å². The fourth-order valence-electron chi connectivity index (χ4n) is 1.24. The maximum atomic E-state index is 11.8. The van der Waals surface area contributed by atoms with Crippen molar-refractivity contribution in [3.05, 3.63) is 34.9 Å². The summed E-state index contributed by atoms with van der Waals surface area (Å²) in [6, 6.07) is 6.47. The molecule has 5 nitrogen and oxygen atoms in total. The van der Waals surface area contributed by atoms with Gasteiger partial charge in [0, 0.05) is 30.6 Å². The van der Waals surface area contributed by atoms with Crippen LogP contribution in [-0.4, -0.2) is 30.0 Å². The molecular formula is C12H14ClN3O2S. The molecule has 0 atom stereocenters. The van der Waals surface area contributed by atoms with Gasteiger partial charge >= 0.3 is 0 Å². The van der Waals surface area contributed by atoms with Crippen LogP contribution in [0.1, 0.15) is 17.3 Å². The van der Waals surface area contributed by atoms with Crippen molar-refractivity contribution < 1.29 is 9.59 Å². The van der Waals surface area contributed by atoms with Gasteiger partial charge in [0.15, 0.2) is 5.11 Å². The molecule has 0 unspecified atom stereocenters. The molecule has 0 saturated heterocycles. The van der Waals surface area contributed by atoms with E-state index in [2.05, 4.69) is 16.0 Å². The van der Waals surface area contributed by atoms with Crippen LogP contribution in [0.15, 0.2) is 24.3 Å². The van der Waals surface area contributed by atoms with Crippen molar-refractivity contribution in [1.29, 1.82) is 0 Å². The van der Waals surface area contributed by atoms with Crippen molar-refractivity contribution in [2.45, 2.75) is 6.92 Å². The number of halogens is 1. The summed E-state index contributed by atoms with van der Waals surface area (Å²) in [6.45, 7) is 2.31. The van der Waals surface area contributed by atoms with Crippen LogP contribution < -0.4 is 16.0 Å². The zero-order chi connectivity index (χ0) is 14.3. The summed E-state index contributed by atoms with van der Waals surface area (Å²) in [5, 5.41) is 8.72. The van der Waals surface area contributed by atoms with E-state index in [4.69, 9.17) is 23.8 Å². The van der Waals surface area contributed by atoms with Crippen molar-refractivity contribution >= 4 is 40.7 Å². The number of thiocarbonyl (C=S) groups is 1. The van der Waals surface area contributed by atoms with E-state index >= 15 is 0 Å². The Hall–Kier alpha value is -1.66. The summed E-state index contributed by atoms with van der Waals surface area (Å²) in [7, 11) is 0. The Morgan fingerprint density at radius 2 is 1.74 bits per heavy atom. The van der Waals surface area contributed by atoms with E-state index in [-0.39, 0.29) is 16.9 Å². The lowest BCUT2D eigenvalue weighted by Gasteiger charge is -2.09. The number of carbonyl (C=O) groups is 2. The Morgan fingerprint density at radius 1 is 1.16 bits per heavy atom. The Bertz CT molecular complexity index is 476. The van der Waals surface area contributed by atoms with Gasteiger partial charge in [-0.25, -0.2) is 0 Å². The molecule has 1 aromatic rings. The number of amides is 2. The van der Waals surface area contributed by atoms with Gasteiger partial charge < -0.3 is 10.6 Å². The van der Waals surface area contributed by atoms with Crippen molar-refractivity contribution in [3.63, 3.8) is 0 Å². The van der Waals surface area contributed by atoms with Crippen LogP contribution in [-0.2, 0) is 4.79 Å². The number of hydrogen-bond donors (Lipinski definition) is 3. The predicted molar refractivity (Wildman–Crippen MR) is 78.2 cm³/mol. The lowest BCUT2D eigenvalue weighted by molar-refractivity contribution is -0.118. The van der Waals surface area contributed by atoms with E-state index in [0.29, 0.717) is 23.7 Å². The zero-order valence-corrected chi connectivity index (χ0v) is 11.9. The van der Waals surface area contributed by atoms with Gasteiger partial charge in [-0.2, -0.15) is 0 Å². The average molecular weight is 300 g/mol. The third kappa shape index (κ3) is 6.17. The Labute approximate surface area is 121 Å². The van der Waals surface area contributed by atoms with E-state index in [1.807, 2.05) is 0 Å². The van der Waals surface area contributed by atoms with Crippen LogP contribution in [0, 0.1) is 0 Å². The highest BCUT2D eigenvalue weighted by atomic mass is 35.5. The molecule has 0 fully saturated rings. The number of benzene rings is 1. The second-order valence-electron chi connectivity index (χ2n) is 3.70. The molecule has 0 saturated carbocycles. The van der Waals surface area contributed by atoms with Gasteiger partial charge in [0.2, 0.25) is 5.91 Å². The van der Waals surface area contributed by atoms with E-state index in [1.165, 1.54) is 6.92 Å². The van der Waals surface area contributed by atoms with Crippen molar-refractivity contribution in [3.8, 4) is 0 Å². The molecule has 0 radical (unpaired) electrons. The lowest BCUT2D eigenvalue weighted by atomic mass is 10.2. The van der Waals surface area contributed by atoms with E-state index in [1.54, 1.807) is 24.3 Å². The maximum absolute atomic E-state index is 11.8. The topological polar surface area (TPSA) is 70.2 Å². The maximum Gasteiger partial charge on any atom is 0.257 e. The predicted octanol–water partition coefficient (Wildman–Crippen LogP) is 1.08. The van der Waals surface area contributed by atoms with Gasteiger partial charge in [0.25, 0.3) is 5.91 Å². The molecule has 3 N–H and O–H groups in total. The smallest absolute Gasteiger partial charge is 0.257 e. The van der Waals surface area contributed by atoms with Gasteiger partial charge in [-0.3, -0.25) is 14.9 Å². The standard InChI is InChI=1S/C12H14ClN3O2S/c1-8(17)14-6-7-15-12(19)16-11(18)9-2-4-10(13)5-3-9/h2-5H,6-7H2,1H3,(H,14,17)(H2,15,16,18,19). The lowest BCUT2D eigenvalue weighted by Crippen LogP contribution is -2.42. The highest BCUT2D eigenvalue weighted by Crippen LogP contribution is 2.09. The van der Waals surface area contributed by atoms with Crippen molar-refractivity contribution in [2.24, 2.45) is 0 Å². The minimum Gasteiger partial charge on any atom is -0.361 e. The van der Waals surface area contributed by atoms with Gasteiger partial charge in [0.1, 0.15) is 0 Å². The molecule has 0 aromatic heterocycles. The first kappa shape index (κ1) is 15.4. The summed E-state index contributed by atoms with van der Waals surface area (Å²) in [6.07, 6.45) is 0. The average Bonchev–Trinajstić information content (AvgIpc) is 2.35. The molecule has 1 rings (SSSR count). The van der Waals surface area contributed by atoms with Gasteiger partial charge in [0.05, 0.1) is 0 Å². The third-order valence-corrected chi connectivity index (χ3v) is 2.62. The highest BCUT2D eigenvalue weighted by Gasteiger charge is 2.06. The number of nitrogens with one attached hydrogen (secondary N) is 3. The molecular weight excluding hydrogens is 286 g/mol. The first-order chi connectivity index (χ1) is 8.99. The molecule has 7 heteroatoms. The number of rotatable bonds is 4. The molecule has 0 spiro atoms. The Morgan fingerprint density at radius 3 is 2.32 bits per heavy atom. The second-order valence-corrected chi connectivity index (χ2v) is 4.54. The number of hydrogen-bond acceptors (Lipinski definition) is 3. The van der Waals surface area contributed by atoms with E-state index < -0.39 is 0 Å². The molecule has 1 aromatic carbocycles. The molecule has 0 aliphatic carbocycles. The number of carbonyl (C=O) groups excluding carboxylic acids is 2. The molecule has 0 heterocycles. The molecule has 0 aliphatic rings.